The molecule has 0 spiro atoms. The highest BCUT2D eigenvalue weighted by molar-refractivity contribution is 7.99. The molecule has 0 fully saturated rings. The molecular weight excluding hydrogens is 434 g/mol. The number of hydrogen-bond acceptors (Lipinski definition) is 5. The van der Waals surface area contributed by atoms with Crippen molar-refractivity contribution in [2.75, 3.05) is 5.75 Å². The van der Waals surface area contributed by atoms with E-state index in [1.165, 1.54) is 22.9 Å². The van der Waals surface area contributed by atoms with Gasteiger partial charge in [-0.1, -0.05) is 30.0 Å². The maximum atomic E-state index is 13.1. The molecule has 2 aromatic carbocycles. The Morgan fingerprint density at radius 3 is 2.61 bits per heavy atom. The van der Waals surface area contributed by atoms with E-state index in [9.17, 15) is 9.59 Å². The van der Waals surface area contributed by atoms with Crippen LogP contribution in [0, 0.1) is 13.8 Å². The Bertz CT molecular complexity index is 1340. The van der Waals surface area contributed by atoms with Crippen molar-refractivity contribution in [2.45, 2.75) is 45.4 Å². The van der Waals surface area contributed by atoms with Gasteiger partial charge in [-0.2, -0.15) is 0 Å². The third-order valence-corrected chi connectivity index (χ3v) is 6.29. The van der Waals surface area contributed by atoms with Gasteiger partial charge in [-0.25, -0.2) is 9.97 Å². The number of thioether (sulfide) groups is 1. The number of carbonyl (C=O) groups is 1. The van der Waals surface area contributed by atoms with E-state index in [1.54, 1.807) is 23.2 Å². The number of para-hydroxylation sites is 1. The van der Waals surface area contributed by atoms with Gasteiger partial charge in [-0.3, -0.25) is 14.2 Å². The maximum absolute atomic E-state index is 13.1. The number of amides is 1. The molecule has 0 aliphatic carbocycles. The number of hydrogen-bond donors (Lipinski definition) is 1. The summed E-state index contributed by atoms with van der Waals surface area (Å²) in [5.74, 6) is 0.668. The lowest BCUT2D eigenvalue weighted by Gasteiger charge is -2.26. The molecule has 8 heteroatoms. The second-order valence-corrected chi connectivity index (χ2v) is 9.30. The predicted octanol–water partition coefficient (Wildman–Crippen LogP) is 4.25. The fourth-order valence-corrected chi connectivity index (χ4v) is 4.68. The number of imidazole rings is 1. The van der Waals surface area contributed by atoms with Crippen LogP contribution < -0.4 is 5.56 Å². The molecule has 0 saturated heterocycles. The Hall–Kier alpha value is -3.39. The molecule has 2 aromatic heterocycles. The number of aromatic nitrogens is 4. The van der Waals surface area contributed by atoms with E-state index in [0.29, 0.717) is 16.7 Å². The lowest BCUT2D eigenvalue weighted by atomic mass is 10.1. The topological polar surface area (TPSA) is 83.9 Å². The van der Waals surface area contributed by atoms with Gasteiger partial charge in [-0.15, -0.1) is 0 Å². The first kappa shape index (κ1) is 22.8. The molecule has 0 saturated carbocycles. The van der Waals surface area contributed by atoms with Crippen LogP contribution in [0.15, 0.2) is 64.8 Å². The molecule has 170 valence electrons. The SMILES string of the molecule is Cc1cc(C)cc(-n2ccnc2SCC(=O)N(Cc2nc3ccccc3c(=O)[nH]2)C(C)C)c1. The molecule has 1 amide bonds. The van der Waals surface area contributed by atoms with Crippen LogP contribution in [0.25, 0.3) is 16.6 Å². The summed E-state index contributed by atoms with van der Waals surface area (Å²) in [5, 5.41) is 1.30. The van der Waals surface area contributed by atoms with Gasteiger partial charge in [0.05, 0.1) is 23.2 Å². The Kier molecular flexibility index (Phi) is 6.65. The molecule has 33 heavy (non-hydrogen) atoms. The maximum Gasteiger partial charge on any atom is 0.258 e. The van der Waals surface area contributed by atoms with Gasteiger partial charge in [0.1, 0.15) is 5.82 Å². The second-order valence-electron chi connectivity index (χ2n) is 8.36. The summed E-state index contributed by atoms with van der Waals surface area (Å²) in [6.07, 6.45) is 3.65. The van der Waals surface area contributed by atoms with Gasteiger partial charge >= 0.3 is 0 Å². The van der Waals surface area contributed by atoms with Crippen molar-refractivity contribution in [3.8, 4) is 5.69 Å². The van der Waals surface area contributed by atoms with Crippen molar-refractivity contribution in [3.05, 3.63) is 82.2 Å². The molecule has 2 heterocycles. The van der Waals surface area contributed by atoms with Crippen molar-refractivity contribution in [1.29, 1.82) is 0 Å². The lowest BCUT2D eigenvalue weighted by Crippen LogP contribution is -2.38. The first-order valence-electron chi connectivity index (χ1n) is 10.8. The summed E-state index contributed by atoms with van der Waals surface area (Å²) in [5.41, 5.74) is 3.80. The number of carbonyl (C=O) groups excluding carboxylic acids is 1. The van der Waals surface area contributed by atoms with E-state index in [4.69, 9.17) is 0 Å². The average molecular weight is 462 g/mol. The van der Waals surface area contributed by atoms with Gasteiger partial charge in [0, 0.05) is 24.1 Å². The van der Waals surface area contributed by atoms with Crippen LogP contribution in [0.5, 0.6) is 0 Å². The zero-order valence-corrected chi connectivity index (χ0v) is 20.0. The zero-order chi connectivity index (χ0) is 23.5. The molecule has 0 atom stereocenters. The molecule has 7 nitrogen and oxygen atoms in total. The predicted molar refractivity (Wildman–Crippen MR) is 132 cm³/mol. The number of fused-ring (bicyclic) bond motifs is 1. The highest BCUT2D eigenvalue weighted by Crippen LogP contribution is 2.23. The van der Waals surface area contributed by atoms with Crippen LogP contribution in [0.1, 0.15) is 30.8 Å². The number of H-pyrrole nitrogens is 1. The summed E-state index contributed by atoms with van der Waals surface area (Å²) in [7, 11) is 0. The fourth-order valence-electron chi connectivity index (χ4n) is 3.82. The largest absolute Gasteiger partial charge is 0.332 e. The fraction of sp³-hybridized carbons (Fsp3) is 0.280. The molecule has 0 unspecified atom stereocenters. The van der Waals surface area contributed by atoms with E-state index < -0.39 is 0 Å². The number of aryl methyl sites for hydroxylation is 2. The Balaban J connectivity index is 1.50. The summed E-state index contributed by atoms with van der Waals surface area (Å²) in [4.78, 5) is 39.1. The van der Waals surface area contributed by atoms with Gasteiger partial charge in [0.2, 0.25) is 5.91 Å². The van der Waals surface area contributed by atoms with Crippen LogP contribution in [-0.2, 0) is 11.3 Å². The number of rotatable bonds is 7. The molecule has 0 aliphatic heterocycles. The van der Waals surface area contributed by atoms with Crippen LogP contribution >= 0.6 is 11.8 Å². The first-order valence-corrected chi connectivity index (χ1v) is 11.8. The van der Waals surface area contributed by atoms with Crippen molar-refractivity contribution >= 4 is 28.6 Å². The number of aromatic amines is 1. The highest BCUT2D eigenvalue weighted by Gasteiger charge is 2.20. The normalized spacial score (nSPS) is 11.3. The third kappa shape index (κ3) is 5.17. The van der Waals surface area contributed by atoms with Crippen LogP contribution in [0.3, 0.4) is 0 Å². The Morgan fingerprint density at radius 2 is 1.88 bits per heavy atom. The second kappa shape index (κ2) is 9.62. The van der Waals surface area contributed by atoms with Gasteiger partial charge < -0.3 is 9.88 Å². The van der Waals surface area contributed by atoms with Crippen LogP contribution in [0.4, 0.5) is 0 Å². The van der Waals surface area contributed by atoms with Crippen molar-refractivity contribution in [1.82, 2.24) is 24.4 Å². The van der Waals surface area contributed by atoms with Crippen LogP contribution in [0.2, 0.25) is 0 Å². The summed E-state index contributed by atoms with van der Waals surface area (Å²) < 4.78 is 2.00. The van der Waals surface area contributed by atoms with E-state index in [-0.39, 0.29) is 29.8 Å². The summed E-state index contributed by atoms with van der Waals surface area (Å²) in [6, 6.07) is 13.5. The van der Waals surface area contributed by atoms with E-state index in [0.717, 1.165) is 10.8 Å². The lowest BCUT2D eigenvalue weighted by molar-refractivity contribution is -0.130. The first-order chi connectivity index (χ1) is 15.8. The number of nitrogens with zero attached hydrogens (tertiary/aromatic N) is 4. The van der Waals surface area contributed by atoms with Gasteiger partial charge in [-0.05, 0) is 63.1 Å². The van der Waals surface area contributed by atoms with Gasteiger partial charge in [0.15, 0.2) is 5.16 Å². The summed E-state index contributed by atoms with van der Waals surface area (Å²) in [6.45, 7) is 8.28. The van der Waals surface area contributed by atoms with Gasteiger partial charge in [0.25, 0.3) is 5.56 Å². The van der Waals surface area contributed by atoms with Crippen LogP contribution in [-0.4, -0.2) is 42.1 Å². The molecule has 1 N–H and O–H groups in total. The molecular formula is C25H27N5O2S. The van der Waals surface area contributed by atoms with E-state index in [1.807, 2.05) is 36.7 Å². The molecule has 0 bridgehead atoms. The van der Waals surface area contributed by atoms with E-state index in [2.05, 4.69) is 47.0 Å². The zero-order valence-electron chi connectivity index (χ0n) is 19.2. The Labute approximate surface area is 196 Å². The molecule has 4 rings (SSSR count). The standard InChI is InChI=1S/C25H27N5O2S/c1-16(2)30(14-22-27-21-8-6-5-7-20(21)24(32)28-22)23(31)15-33-25-26-9-10-29(25)19-12-17(3)11-18(4)13-19/h5-13,16H,14-15H2,1-4H3,(H,27,28,32). The minimum absolute atomic E-state index is 0.0409. The summed E-state index contributed by atoms with van der Waals surface area (Å²) >= 11 is 1.40. The van der Waals surface area contributed by atoms with Crippen molar-refractivity contribution in [3.63, 3.8) is 0 Å². The quantitative estimate of drug-likeness (QED) is 0.416. The highest BCUT2D eigenvalue weighted by atomic mass is 32.2. The number of nitrogens with one attached hydrogen (secondary N) is 1. The van der Waals surface area contributed by atoms with Crippen molar-refractivity contribution < 1.29 is 4.79 Å². The Morgan fingerprint density at radius 1 is 1.15 bits per heavy atom. The van der Waals surface area contributed by atoms with Crippen molar-refractivity contribution in [2.24, 2.45) is 0 Å². The third-order valence-electron chi connectivity index (χ3n) is 5.34. The monoisotopic (exact) mass is 461 g/mol. The number of benzene rings is 2. The molecule has 0 radical (unpaired) electrons. The minimum Gasteiger partial charge on any atom is -0.332 e. The molecule has 4 aromatic rings. The smallest absolute Gasteiger partial charge is 0.258 e. The van der Waals surface area contributed by atoms with E-state index >= 15 is 0 Å². The average Bonchev–Trinajstić information content (AvgIpc) is 3.24. The molecule has 0 aliphatic rings. The minimum atomic E-state index is -0.198.